The Bertz CT molecular complexity index is 1200. The van der Waals surface area contributed by atoms with Gasteiger partial charge in [0.25, 0.3) is 5.91 Å². The van der Waals surface area contributed by atoms with Crippen LogP contribution in [0.4, 0.5) is 5.69 Å². The first-order valence-corrected chi connectivity index (χ1v) is 11.3. The molecule has 33 heavy (non-hydrogen) atoms. The van der Waals surface area contributed by atoms with Gasteiger partial charge in [0.15, 0.2) is 11.5 Å². The monoisotopic (exact) mass is 570 g/mol. The predicted molar refractivity (Wildman–Crippen MR) is 134 cm³/mol. The van der Waals surface area contributed by atoms with Crippen LogP contribution in [0, 0.1) is 11.3 Å². The molecule has 6 nitrogen and oxygen atoms in total. The number of nitriles is 1. The molecular formula is C25H20Br2N2O4. The molecule has 0 aliphatic rings. The van der Waals surface area contributed by atoms with Crippen LogP contribution in [0.1, 0.15) is 11.1 Å². The lowest BCUT2D eigenvalue weighted by atomic mass is 10.1. The molecule has 3 aromatic carbocycles. The van der Waals surface area contributed by atoms with Crippen LogP contribution in [-0.4, -0.2) is 20.1 Å². The normalized spacial score (nSPS) is 10.8. The highest BCUT2D eigenvalue weighted by Crippen LogP contribution is 2.35. The molecule has 0 radical (unpaired) electrons. The standard InChI is InChI=1S/C25H20Br2N2O4/c1-31-21-9-7-20(8-10-21)29-25(30)18(14-28)11-17-12-23(32-2)24(13-22(17)27)33-15-16-3-5-19(26)6-4-16/h3-13H,15H2,1-2H3,(H,29,30)/b18-11-. The van der Waals surface area contributed by atoms with E-state index in [9.17, 15) is 10.1 Å². The van der Waals surface area contributed by atoms with Gasteiger partial charge >= 0.3 is 0 Å². The number of hydrogen-bond acceptors (Lipinski definition) is 5. The molecule has 0 heterocycles. The molecule has 8 heteroatoms. The summed E-state index contributed by atoms with van der Waals surface area (Å²) in [5.41, 5.74) is 2.10. The molecule has 0 unspecified atom stereocenters. The fourth-order valence-corrected chi connectivity index (χ4v) is 3.55. The van der Waals surface area contributed by atoms with Crippen LogP contribution in [-0.2, 0) is 11.4 Å². The lowest BCUT2D eigenvalue weighted by Crippen LogP contribution is -2.13. The van der Waals surface area contributed by atoms with E-state index >= 15 is 0 Å². The van der Waals surface area contributed by atoms with Crippen molar-refractivity contribution in [2.45, 2.75) is 6.61 Å². The van der Waals surface area contributed by atoms with Gasteiger partial charge in [0.05, 0.1) is 14.2 Å². The van der Waals surface area contributed by atoms with Gasteiger partial charge in [-0.1, -0.05) is 44.0 Å². The quantitative estimate of drug-likeness (QED) is 0.251. The van der Waals surface area contributed by atoms with Crippen molar-refractivity contribution in [1.82, 2.24) is 0 Å². The van der Waals surface area contributed by atoms with Crippen molar-refractivity contribution in [2.24, 2.45) is 0 Å². The lowest BCUT2D eigenvalue weighted by Gasteiger charge is -2.13. The SMILES string of the molecule is COc1ccc(NC(=O)/C(C#N)=C\c2cc(OC)c(OCc3ccc(Br)cc3)cc2Br)cc1. The largest absolute Gasteiger partial charge is 0.497 e. The molecule has 0 aliphatic heterocycles. The molecule has 3 aromatic rings. The fourth-order valence-electron chi connectivity index (χ4n) is 2.85. The van der Waals surface area contributed by atoms with Gasteiger partial charge in [0.2, 0.25) is 0 Å². The van der Waals surface area contributed by atoms with Crippen LogP contribution in [0.2, 0.25) is 0 Å². The average Bonchev–Trinajstić information content (AvgIpc) is 2.83. The topological polar surface area (TPSA) is 80.6 Å². The molecule has 0 saturated heterocycles. The molecule has 0 spiro atoms. The second-order valence-electron chi connectivity index (χ2n) is 6.79. The predicted octanol–water partition coefficient (Wildman–Crippen LogP) is 6.35. The van der Waals surface area contributed by atoms with E-state index in [4.69, 9.17) is 14.2 Å². The Kier molecular flexibility index (Phi) is 8.52. The van der Waals surface area contributed by atoms with Crippen LogP contribution >= 0.6 is 31.9 Å². The highest BCUT2D eigenvalue weighted by atomic mass is 79.9. The first-order valence-electron chi connectivity index (χ1n) is 9.75. The van der Waals surface area contributed by atoms with E-state index in [2.05, 4.69) is 37.2 Å². The molecule has 168 valence electrons. The Hall–Kier alpha value is -3.28. The van der Waals surface area contributed by atoms with Crippen molar-refractivity contribution in [1.29, 1.82) is 5.26 Å². The molecular weight excluding hydrogens is 552 g/mol. The molecule has 0 fully saturated rings. The molecule has 0 saturated carbocycles. The smallest absolute Gasteiger partial charge is 0.266 e. The number of rotatable bonds is 8. The van der Waals surface area contributed by atoms with E-state index in [0.29, 0.717) is 39.6 Å². The summed E-state index contributed by atoms with van der Waals surface area (Å²) >= 11 is 6.91. The summed E-state index contributed by atoms with van der Waals surface area (Å²) in [6.45, 7) is 0.360. The minimum absolute atomic E-state index is 0.0582. The maximum absolute atomic E-state index is 12.6. The summed E-state index contributed by atoms with van der Waals surface area (Å²) in [6, 6.07) is 20.1. The maximum Gasteiger partial charge on any atom is 0.266 e. The second kappa shape index (κ2) is 11.5. The van der Waals surface area contributed by atoms with Gasteiger partial charge in [-0.05, 0) is 65.7 Å². The van der Waals surface area contributed by atoms with Crippen LogP contribution in [0.5, 0.6) is 17.2 Å². The van der Waals surface area contributed by atoms with Crippen molar-refractivity contribution in [2.75, 3.05) is 19.5 Å². The Labute approximate surface area is 209 Å². The third-order valence-electron chi connectivity index (χ3n) is 4.60. The first-order chi connectivity index (χ1) is 15.9. The Morgan fingerprint density at radius 1 is 1.00 bits per heavy atom. The molecule has 3 rings (SSSR count). The Morgan fingerprint density at radius 2 is 1.70 bits per heavy atom. The number of nitrogens with one attached hydrogen (secondary N) is 1. The summed E-state index contributed by atoms with van der Waals surface area (Å²) in [5, 5.41) is 12.3. The number of methoxy groups -OCH3 is 2. The fraction of sp³-hybridized carbons (Fsp3) is 0.120. The number of halogens is 2. The van der Waals surface area contributed by atoms with E-state index in [0.717, 1.165) is 10.0 Å². The second-order valence-corrected chi connectivity index (χ2v) is 8.56. The average molecular weight is 572 g/mol. The van der Waals surface area contributed by atoms with E-state index in [1.807, 2.05) is 30.3 Å². The molecule has 0 atom stereocenters. The van der Waals surface area contributed by atoms with Gasteiger partial charge in [0, 0.05) is 14.6 Å². The number of carbonyl (C=O) groups is 1. The molecule has 1 amide bonds. The highest BCUT2D eigenvalue weighted by molar-refractivity contribution is 9.10. The zero-order chi connectivity index (χ0) is 23.8. The number of nitrogens with zero attached hydrogens (tertiary/aromatic N) is 1. The summed E-state index contributed by atoms with van der Waals surface area (Å²) in [5.74, 6) is 1.16. The van der Waals surface area contributed by atoms with E-state index in [1.54, 1.807) is 43.5 Å². The van der Waals surface area contributed by atoms with E-state index < -0.39 is 5.91 Å². The number of benzene rings is 3. The maximum atomic E-state index is 12.6. The van der Waals surface area contributed by atoms with Crippen LogP contribution in [0.25, 0.3) is 6.08 Å². The van der Waals surface area contributed by atoms with Gasteiger partial charge in [0.1, 0.15) is 24.0 Å². The van der Waals surface area contributed by atoms with Crippen LogP contribution in [0.15, 0.2) is 75.2 Å². The van der Waals surface area contributed by atoms with Crippen LogP contribution in [0.3, 0.4) is 0 Å². The zero-order valence-electron chi connectivity index (χ0n) is 17.9. The van der Waals surface area contributed by atoms with E-state index in [1.165, 1.54) is 13.2 Å². The Morgan fingerprint density at radius 3 is 2.30 bits per heavy atom. The summed E-state index contributed by atoms with van der Waals surface area (Å²) in [7, 11) is 3.10. The van der Waals surface area contributed by atoms with Gasteiger partial charge < -0.3 is 19.5 Å². The van der Waals surface area contributed by atoms with Gasteiger partial charge in [-0.15, -0.1) is 0 Å². The summed E-state index contributed by atoms with van der Waals surface area (Å²) < 4.78 is 18.1. The zero-order valence-corrected chi connectivity index (χ0v) is 21.1. The molecule has 0 aromatic heterocycles. The van der Waals surface area contributed by atoms with Gasteiger partial charge in [-0.25, -0.2) is 0 Å². The van der Waals surface area contributed by atoms with E-state index in [-0.39, 0.29) is 5.57 Å². The van der Waals surface area contributed by atoms with Crippen molar-refractivity contribution < 1.29 is 19.0 Å². The third kappa shape index (κ3) is 6.60. The minimum Gasteiger partial charge on any atom is -0.497 e. The van der Waals surface area contributed by atoms with Gasteiger partial charge in [-0.3, -0.25) is 4.79 Å². The number of hydrogen-bond donors (Lipinski definition) is 1. The number of amides is 1. The summed E-state index contributed by atoms with van der Waals surface area (Å²) in [6.07, 6.45) is 1.49. The van der Waals surface area contributed by atoms with Crippen molar-refractivity contribution in [3.63, 3.8) is 0 Å². The molecule has 0 aliphatic carbocycles. The van der Waals surface area contributed by atoms with Crippen molar-refractivity contribution in [3.05, 3.63) is 86.3 Å². The van der Waals surface area contributed by atoms with Crippen molar-refractivity contribution >= 4 is 49.5 Å². The molecule has 1 N–H and O–H groups in total. The lowest BCUT2D eigenvalue weighted by molar-refractivity contribution is -0.112. The number of ether oxygens (including phenoxy) is 3. The first kappa shape index (κ1) is 24.4. The highest BCUT2D eigenvalue weighted by Gasteiger charge is 2.14. The Balaban J connectivity index is 1.79. The molecule has 0 bridgehead atoms. The van der Waals surface area contributed by atoms with Crippen LogP contribution < -0.4 is 19.5 Å². The number of carbonyl (C=O) groups excluding carboxylic acids is 1. The van der Waals surface area contributed by atoms with Gasteiger partial charge in [-0.2, -0.15) is 5.26 Å². The minimum atomic E-state index is -0.524. The number of anilines is 1. The summed E-state index contributed by atoms with van der Waals surface area (Å²) in [4.78, 5) is 12.6. The third-order valence-corrected chi connectivity index (χ3v) is 5.82. The van der Waals surface area contributed by atoms with Crippen molar-refractivity contribution in [3.8, 4) is 23.3 Å².